The van der Waals surface area contributed by atoms with Crippen molar-refractivity contribution in [1.29, 1.82) is 0 Å². The van der Waals surface area contributed by atoms with E-state index in [-0.39, 0.29) is 66.5 Å². The van der Waals surface area contributed by atoms with Crippen molar-refractivity contribution in [2.45, 2.75) is 114 Å². The highest BCUT2D eigenvalue weighted by atomic mass is 35.5. The van der Waals surface area contributed by atoms with Gasteiger partial charge in [-0.05, 0) is 63.0 Å². The number of hydrogen-bond donors (Lipinski definition) is 1. The Morgan fingerprint density at radius 1 is 1.00 bits per heavy atom. The second kappa shape index (κ2) is 14.3. The van der Waals surface area contributed by atoms with Gasteiger partial charge in [0.15, 0.2) is 0 Å². The summed E-state index contributed by atoms with van der Waals surface area (Å²) in [6.45, 7) is 6.05. The predicted octanol–water partition coefficient (Wildman–Crippen LogP) is 3.02. The Bertz CT molecular complexity index is 1710. The first kappa shape index (κ1) is 36.2. The third-order valence-corrected chi connectivity index (χ3v) is 12.6. The fourth-order valence-electron chi connectivity index (χ4n) is 9.75. The molecule has 1 aromatic carbocycles. The van der Waals surface area contributed by atoms with Crippen LogP contribution in [-0.4, -0.2) is 117 Å². The normalized spacial score (nSPS) is 32.5. The van der Waals surface area contributed by atoms with E-state index in [1.807, 2.05) is 36.4 Å². The van der Waals surface area contributed by atoms with Gasteiger partial charge in [-0.25, -0.2) is 4.79 Å². The van der Waals surface area contributed by atoms with Gasteiger partial charge >= 0.3 is 5.97 Å². The molecule has 9 atom stereocenters. The van der Waals surface area contributed by atoms with Gasteiger partial charge in [0.25, 0.3) is 5.91 Å². The highest BCUT2D eigenvalue weighted by Gasteiger charge is 2.59. The average molecular weight is 734 g/mol. The lowest BCUT2D eigenvalue weighted by Gasteiger charge is -2.45. The fourth-order valence-corrected chi connectivity index (χ4v) is 9.96. The number of carbonyl (C=O) groups is 6. The van der Waals surface area contributed by atoms with Crippen molar-refractivity contribution in [3.8, 4) is 0 Å². The number of hydrogen-bond acceptors (Lipinski definition) is 7. The number of likely N-dealkylation sites (tertiary alicyclic amines) is 2. The van der Waals surface area contributed by atoms with Crippen LogP contribution in [0.5, 0.6) is 0 Å². The van der Waals surface area contributed by atoms with E-state index in [9.17, 15) is 28.8 Å². The van der Waals surface area contributed by atoms with Gasteiger partial charge in [-0.1, -0.05) is 67.4 Å². The predicted molar refractivity (Wildman–Crippen MR) is 191 cm³/mol. The van der Waals surface area contributed by atoms with E-state index in [4.69, 9.17) is 16.3 Å². The standard InChI is InChI=1S/C39H48ClN5O7/c1-4-24-22-32(37(50)52-5-2)45-30(24)13-11-25-16-20-42(33(25)36(45)49)35(48)31-14-12-27-15-18-39(38(51)44(27)31)17-8-19-43(39)34(47)29(41-23(3)46)21-26-9-6-7-10-28(26)40/h6-7,9-11,13,15,18,24-25,27,29-33H,4-5,8,12,14,16-17,19-22H2,1-3H3,(H,41,46)/t24-,25+,27+,29+,30+,31+,32+,33+,39-/m1/s1. The summed E-state index contributed by atoms with van der Waals surface area (Å²) in [6, 6.07) is 3.35. The Morgan fingerprint density at radius 2 is 1.79 bits per heavy atom. The summed E-state index contributed by atoms with van der Waals surface area (Å²) in [5, 5.41) is 3.26. The first-order valence-electron chi connectivity index (χ1n) is 18.8. The third kappa shape index (κ3) is 6.00. The molecule has 0 aromatic heterocycles. The molecule has 0 radical (unpaired) electrons. The summed E-state index contributed by atoms with van der Waals surface area (Å²) in [4.78, 5) is 90.2. The molecule has 1 spiro atoms. The Morgan fingerprint density at radius 3 is 2.52 bits per heavy atom. The van der Waals surface area contributed by atoms with Crippen LogP contribution in [0.25, 0.3) is 0 Å². The molecule has 0 aliphatic carbocycles. The molecule has 6 heterocycles. The van der Waals surface area contributed by atoms with Crippen LogP contribution < -0.4 is 5.32 Å². The molecular formula is C39H48ClN5O7. The first-order chi connectivity index (χ1) is 25.0. The molecular weight excluding hydrogens is 686 g/mol. The zero-order chi connectivity index (χ0) is 36.9. The van der Waals surface area contributed by atoms with Crippen molar-refractivity contribution in [3.05, 3.63) is 59.2 Å². The van der Waals surface area contributed by atoms with E-state index >= 15 is 0 Å². The Labute approximate surface area is 309 Å². The van der Waals surface area contributed by atoms with Crippen molar-refractivity contribution < 1.29 is 33.5 Å². The Kier molecular flexibility index (Phi) is 9.97. The van der Waals surface area contributed by atoms with Crippen LogP contribution in [0.4, 0.5) is 0 Å². The lowest BCUT2D eigenvalue weighted by molar-refractivity contribution is -0.159. The van der Waals surface area contributed by atoms with Crippen LogP contribution in [0.15, 0.2) is 48.6 Å². The topological polar surface area (TPSA) is 137 Å². The van der Waals surface area contributed by atoms with Gasteiger partial charge in [-0.15, -0.1) is 0 Å². The minimum atomic E-state index is -1.30. The number of nitrogens with one attached hydrogen (secondary N) is 1. The molecule has 6 aliphatic heterocycles. The van der Waals surface area contributed by atoms with Crippen molar-refractivity contribution in [3.63, 3.8) is 0 Å². The molecule has 0 unspecified atom stereocenters. The van der Waals surface area contributed by atoms with Gasteiger partial charge < -0.3 is 29.7 Å². The van der Waals surface area contributed by atoms with Gasteiger partial charge in [-0.3, -0.25) is 24.0 Å². The van der Waals surface area contributed by atoms with Gasteiger partial charge in [0.2, 0.25) is 23.6 Å². The van der Waals surface area contributed by atoms with E-state index < -0.39 is 35.7 Å². The van der Waals surface area contributed by atoms with Crippen LogP contribution in [0.1, 0.15) is 71.3 Å². The number of benzene rings is 1. The number of rotatable bonds is 8. The van der Waals surface area contributed by atoms with Crippen molar-refractivity contribution >= 4 is 47.1 Å². The highest BCUT2D eigenvalue weighted by Crippen LogP contribution is 2.44. The summed E-state index contributed by atoms with van der Waals surface area (Å²) >= 11 is 6.44. The molecule has 13 heteroatoms. The van der Waals surface area contributed by atoms with E-state index in [1.54, 1.807) is 38.7 Å². The van der Waals surface area contributed by atoms with Crippen molar-refractivity contribution in [1.82, 2.24) is 24.9 Å². The van der Waals surface area contributed by atoms with Crippen LogP contribution in [0.2, 0.25) is 5.02 Å². The van der Waals surface area contributed by atoms with Crippen LogP contribution >= 0.6 is 11.6 Å². The molecule has 0 saturated carbocycles. The SMILES string of the molecule is CCOC(=O)[C@@H]1C[C@@H](CC)[C@@H]2C=C[C@H]3CCN(C(=O)[C@@H]4CC[C@H]5C=C[C@]6(CCCN6C(=O)[C@H](Cc6ccccc6Cl)NC(C)=O)C(=O)N54)[C@@H]3C(=O)N12. The van der Waals surface area contributed by atoms with Gasteiger partial charge in [0.1, 0.15) is 29.7 Å². The highest BCUT2D eigenvalue weighted by molar-refractivity contribution is 6.31. The van der Waals surface area contributed by atoms with E-state index in [0.29, 0.717) is 62.2 Å². The zero-order valence-electron chi connectivity index (χ0n) is 30.0. The zero-order valence-corrected chi connectivity index (χ0v) is 30.8. The van der Waals surface area contributed by atoms with E-state index in [2.05, 4.69) is 12.2 Å². The maximum Gasteiger partial charge on any atom is 0.328 e. The summed E-state index contributed by atoms with van der Waals surface area (Å²) in [5.41, 5.74) is -0.599. The van der Waals surface area contributed by atoms with Crippen LogP contribution in [0, 0.1) is 11.8 Å². The third-order valence-electron chi connectivity index (χ3n) is 12.2. The van der Waals surface area contributed by atoms with Crippen molar-refractivity contribution in [2.24, 2.45) is 11.8 Å². The molecule has 6 aliphatic rings. The van der Waals surface area contributed by atoms with E-state index in [1.165, 1.54) is 6.92 Å². The average Bonchev–Trinajstić information content (AvgIpc) is 3.91. The quantitative estimate of drug-likeness (QED) is 0.321. The molecule has 4 fully saturated rings. The summed E-state index contributed by atoms with van der Waals surface area (Å²) in [6.07, 6.45) is 11.9. The lowest BCUT2D eigenvalue weighted by Crippen LogP contribution is -2.65. The van der Waals surface area contributed by atoms with Crippen LogP contribution in [-0.2, 0) is 39.9 Å². The molecule has 12 nitrogen and oxygen atoms in total. The fraction of sp³-hybridized carbons (Fsp3) is 0.590. The second-order valence-corrected chi connectivity index (χ2v) is 15.4. The molecule has 1 N–H and O–H groups in total. The smallest absolute Gasteiger partial charge is 0.328 e. The number of esters is 1. The second-order valence-electron chi connectivity index (χ2n) is 15.0. The Balaban J connectivity index is 1.14. The molecule has 1 aromatic rings. The summed E-state index contributed by atoms with van der Waals surface area (Å²) in [7, 11) is 0. The Hall–Kier alpha value is -4.19. The monoisotopic (exact) mass is 733 g/mol. The molecule has 52 heavy (non-hydrogen) atoms. The molecule has 7 rings (SSSR count). The van der Waals surface area contributed by atoms with Gasteiger partial charge in [0, 0.05) is 37.4 Å². The van der Waals surface area contributed by atoms with Crippen molar-refractivity contribution in [2.75, 3.05) is 19.7 Å². The number of carbonyl (C=O) groups excluding carboxylic acids is 6. The number of amides is 5. The number of fused-ring (bicyclic) bond motifs is 3. The van der Waals surface area contributed by atoms with Gasteiger partial charge in [-0.2, -0.15) is 0 Å². The summed E-state index contributed by atoms with van der Waals surface area (Å²) < 4.78 is 5.39. The van der Waals surface area contributed by atoms with E-state index in [0.717, 1.165) is 6.42 Å². The molecule has 0 bridgehead atoms. The lowest BCUT2D eigenvalue weighted by atomic mass is 9.88. The number of ether oxygens (including phenoxy) is 1. The first-order valence-corrected chi connectivity index (χ1v) is 19.2. The van der Waals surface area contributed by atoms with Crippen LogP contribution in [0.3, 0.4) is 0 Å². The largest absolute Gasteiger partial charge is 0.464 e. The minimum absolute atomic E-state index is 0.106. The van der Waals surface area contributed by atoms with Gasteiger partial charge in [0.05, 0.1) is 18.7 Å². The maximum absolute atomic E-state index is 14.8. The minimum Gasteiger partial charge on any atom is -0.464 e. The number of nitrogens with zero attached hydrogens (tertiary/aromatic N) is 4. The molecule has 5 amide bonds. The number of halogens is 1. The molecule has 4 saturated heterocycles. The maximum atomic E-state index is 14.8. The summed E-state index contributed by atoms with van der Waals surface area (Å²) in [5.74, 6) is -2.10. The molecule has 278 valence electrons.